The summed E-state index contributed by atoms with van der Waals surface area (Å²) in [6.45, 7) is 6.89. The summed E-state index contributed by atoms with van der Waals surface area (Å²) in [7, 11) is 0. The van der Waals surface area contributed by atoms with Crippen LogP contribution in [0.2, 0.25) is 5.15 Å². The van der Waals surface area contributed by atoms with Crippen molar-refractivity contribution in [3.8, 4) is 11.5 Å². The average Bonchev–Trinajstić information content (AvgIpc) is 2.64. The number of hydrogen-bond donors (Lipinski definition) is 1. The number of carbonyl (C=O) groups excluding carboxylic acids is 1. The van der Waals surface area contributed by atoms with Gasteiger partial charge in [0.15, 0.2) is 16.7 Å². The molecule has 3 rings (SSSR count). The van der Waals surface area contributed by atoms with Crippen molar-refractivity contribution in [3.05, 3.63) is 46.7 Å². The molecule has 0 bridgehead atoms. The van der Waals surface area contributed by atoms with Crippen LogP contribution in [0.3, 0.4) is 0 Å². The van der Waals surface area contributed by atoms with Crippen LogP contribution in [0, 0.1) is 0 Å². The number of anilines is 1. The highest BCUT2D eigenvalue weighted by molar-refractivity contribution is 6.32. The van der Waals surface area contributed by atoms with Gasteiger partial charge in [-0.3, -0.25) is 9.69 Å². The normalized spacial score (nSPS) is 13.7. The van der Waals surface area contributed by atoms with Gasteiger partial charge >= 0.3 is 0 Å². The number of nitrogens with one attached hydrogen (secondary N) is 1. The van der Waals surface area contributed by atoms with Crippen LogP contribution >= 0.6 is 11.6 Å². The third-order valence-electron chi connectivity index (χ3n) is 4.36. The molecule has 1 amide bonds. The maximum atomic E-state index is 12.4. The summed E-state index contributed by atoms with van der Waals surface area (Å²) < 4.78 is 11.4. The topological polar surface area (TPSA) is 63.7 Å². The molecule has 0 fully saturated rings. The molecule has 0 radical (unpaired) electrons. The molecule has 6 nitrogen and oxygen atoms in total. The molecular weight excluding hydrogens is 366 g/mol. The van der Waals surface area contributed by atoms with Gasteiger partial charge in [0.1, 0.15) is 0 Å². The lowest BCUT2D eigenvalue weighted by Crippen LogP contribution is -2.37. The molecule has 1 aromatic carbocycles. The van der Waals surface area contributed by atoms with Crippen LogP contribution in [0.25, 0.3) is 0 Å². The van der Waals surface area contributed by atoms with Gasteiger partial charge in [-0.25, -0.2) is 4.98 Å². The second-order valence-corrected chi connectivity index (χ2v) is 6.64. The fraction of sp³-hybridized carbons (Fsp3) is 0.400. The Balaban J connectivity index is 1.67. The molecule has 1 aliphatic heterocycles. The van der Waals surface area contributed by atoms with Gasteiger partial charge in [0, 0.05) is 19.3 Å². The molecule has 27 heavy (non-hydrogen) atoms. The van der Waals surface area contributed by atoms with E-state index < -0.39 is 0 Å². The predicted octanol–water partition coefficient (Wildman–Crippen LogP) is 3.53. The standard InChI is InChI=1S/C20H24ClN3O3/c1-3-26-17-10-14-7-9-24(12-15(14)11-18(17)27-4-2)13-19(25)23-16-6-5-8-22-20(16)21/h5-6,8,10-11H,3-4,7,9,12-13H2,1-2H3,(H,23,25). The molecule has 7 heteroatoms. The highest BCUT2D eigenvalue weighted by atomic mass is 35.5. The number of fused-ring (bicyclic) bond motifs is 1. The van der Waals surface area contributed by atoms with Gasteiger partial charge in [0.05, 0.1) is 25.4 Å². The second-order valence-electron chi connectivity index (χ2n) is 6.28. The largest absolute Gasteiger partial charge is 0.490 e. The quantitative estimate of drug-likeness (QED) is 0.734. The fourth-order valence-corrected chi connectivity index (χ4v) is 3.33. The molecule has 144 valence electrons. The number of nitrogens with zero attached hydrogens (tertiary/aromatic N) is 2. The Hall–Kier alpha value is -2.31. The van der Waals surface area contributed by atoms with E-state index in [1.54, 1.807) is 18.3 Å². The summed E-state index contributed by atoms with van der Waals surface area (Å²) in [5, 5.41) is 3.11. The first-order chi connectivity index (χ1) is 13.1. The molecule has 0 saturated heterocycles. The second kappa shape index (κ2) is 9.06. The van der Waals surface area contributed by atoms with Crippen LogP contribution in [0.15, 0.2) is 30.5 Å². The van der Waals surface area contributed by atoms with Crippen LogP contribution in [-0.4, -0.2) is 42.1 Å². The van der Waals surface area contributed by atoms with E-state index in [0.717, 1.165) is 24.5 Å². The molecular formula is C20H24ClN3O3. The summed E-state index contributed by atoms with van der Waals surface area (Å²) in [6, 6.07) is 7.58. The fourth-order valence-electron chi connectivity index (χ4n) is 3.17. The zero-order valence-corrected chi connectivity index (χ0v) is 16.4. The minimum absolute atomic E-state index is 0.107. The number of carbonyl (C=O) groups is 1. The van der Waals surface area contributed by atoms with E-state index in [1.165, 1.54) is 11.1 Å². The van der Waals surface area contributed by atoms with Crippen molar-refractivity contribution in [3.63, 3.8) is 0 Å². The van der Waals surface area contributed by atoms with Gasteiger partial charge < -0.3 is 14.8 Å². The Morgan fingerprint density at radius 2 is 1.93 bits per heavy atom. The summed E-state index contributed by atoms with van der Waals surface area (Å²) in [6.07, 6.45) is 2.45. The lowest BCUT2D eigenvalue weighted by molar-refractivity contribution is -0.117. The van der Waals surface area contributed by atoms with E-state index in [9.17, 15) is 4.79 Å². The van der Waals surface area contributed by atoms with Crippen molar-refractivity contribution in [1.29, 1.82) is 0 Å². The van der Waals surface area contributed by atoms with Crippen molar-refractivity contribution in [1.82, 2.24) is 9.88 Å². The number of aromatic nitrogens is 1. The summed E-state index contributed by atoms with van der Waals surface area (Å²) in [5.41, 5.74) is 2.94. The van der Waals surface area contributed by atoms with Crippen molar-refractivity contribution in [2.24, 2.45) is 0 Å². The predicted molar refractivity (Wildman–Crippen MR) is 106 cm³/mol. The van der Waals surface area contributed by atoms with Crippen molar-refractivity contribution < 1.29 is 14.3 Å². The molecule has 2 aromatic rings. The lowest BCUT2D eigenvalue weighted by atomic mass is 9.98. The highest BCUT2D eigenvalue weighted by Crippen LogP contribution is 2.33. The third kappa shape index (κ3) is 4.90. The number of pyridine rings is 1. The van der Waals surface area contributed by atoms with Gasteiger partial charge in [-0.15, -0.1) is 0 Å². The number of benzene rings is 1. The zero-order chi connectivity index (χ0) is 19.2. The summed E-state index contributed by atoms with van der Waals surface area (Å²) >= 11 is 6.00. The Bertz CT molecular complexity index is 813. The van der Waals surface area contributed by atoms with Crippen molar-refractivity contribution >= 4 is 23.2 Å². The smallest absolute Gasteiger partial charge is 0.238 e. The van der Waals surface area contributed by atoms with E-state index in [1.807, 2.05) is 19.9 Å². The third-order valence-corrected chi connectivity index (χ3v) is 4.66. The number of amides is 1. The monoisotopic (exact) mass is 389 g/mol. The number of hydrogen-bond acceptors (Lipinski definition) is 5. The minimum Gasteiger partial charge on any atom is -0.490 e. The Kier molecular flexibility index (Phi) is 6.53. The zero-order valence-electron chi connectivity index (χ0n) is 15.6. The molecule has 1 N–H and O–H groups in total. The average molecular weight is 390 g/mol. The highest BCUT2D eigenvalue weighted by Gasteiger charge is 2.21. The van der Waals surface area contributed by atoms with Gasteiger partial charge in [-0.1, -0.05) is 11.6 Å². The number of halogens is 1. The molecule has 0 saturated carbocycles. The van der Waals surface area contributed by atoms with Crippen LogP contribution in [0.1, 0.15) is 25.0 Å². The van der Waals surface area contributed by atoms with Crippen molar-refractivity contribution in [2.75, 3.05) is 31.6 Å². The van der Waals surface area contributed by atoms with E-state index in [-0.39, 0.29) is 5.91 Å². The Morgan fingerprint density at radius 1 is 1.22 bits per heavy atom. The first-order valence-electron chi connectivity index (χ1n) is 9.14. The number of ether oxygens (including phenoxy) is 2. The van der Waals surface area contributed by atoms with Crippen molar-refractivity contribution in [2.45, 2.75) is 26.8 Å². The molecule has 0 atom stereocenters. The van der Waals surface area contributed by atoms with Gasteiger partial charge in [-0.2, -0.15) is 0 Å². The van der Waals surface area contributed by atoms with E-state index >= 15 is 0 Å². The molecule has 2 heterocycles. The van der Waals surface area contributed by atoms with E-state index in [0.29, 0.717) is 37.1 Å². The van der Waals surface area contributed by atoms with E-state index in [2.05, 4.69) is 21.3 Å². The first-order valence-corrected chi connectivity index (χ1v) is 9.52. The maximum Gasteiger partial charge on any atom is 0.238 e. The lowest BCUT2D eigenvalue weighted by Gasteiger charge is -2.29. The van der Waals surface area contributed by atoms with Gasteiger partial charge in [0.25, 0.3) is 0 Å². The van der Waals surface area contributed by atoms with Crippen LogP contribution in [0.5, 0.6) is 11.5 Å². The number of rotatable bonds is 7. The Labute approximate surface area is 164 Å². The first kappa shape index (κ1) is 19.5. The maximum absolute atomic E-state index is 12.4. The van der Waals surface area contributed by atoms with Gasteiger partial charge in [0.2, 0.25) is 5.91 Å². The van der Waals surface area contributed by atoms with Crippen LogP contribution in [0.4, 0.5) is 5.69 Å². The summed E-state index contributed by atoms with van der Waals surface area (Å²) in [4.78, 5) is 18.4. The summed E-state index contributed by atoms with van der Waals surface area (Å²) in [5.74, 6) is 1.44. The Morgan fingerprint density at radius 3 is 2.59 bits per heavy atom. The molecule has 0 aliphatic carbocycles. The molecule has 0 unspecified atom stereocenters. The van der Waals surface area contributed by atoms with E-state index in [4.69, 9.17) is 21.1 Å². The van der Waals surface area contributed by atoms with Gasteiger partial charge in [-0.05, 0) is 55.7 Å². The van der Waals surface area contributed by atoms with Crippen LogP contribution in [-0.2, 0) is 17.8 Å². The molecule has 1 aliphatic rings. The minimum atomic E-state index is -0.107. The van der Waals surface area contributed by atoms with Crippen LogP contribution < -0.4 is 14.8 Å². The molecule has 1 aromatic heterocycles. The molecule has 0 spiro atoms. The SMILES string of the molecule is CCOc1cc2c(cc1OCC)CN(CC(=O)Nc1cccnc1Cl)CC2.